The predicted molar refractivity (Wildman–Crippen MR) is 119 cm³/mol. The number of para-hydroxylation sites is 2. The maximum absolute atomic E-state index is 13.9. The monoisotopic (exact) mass is 454 g/mol. The highest BCUT2D eigenvalue weighted by Crippen LogP contribution is 2.36. The number of carbonyl (C=O) groups excluding carboxylic acids is 1. The Balaban J connectivity index is 1.43. The quantitative estimate of drug-likeness (QED) is 0.380. The molecule has 1 aromatic heterocycles. The maximum atomic E-state index is 13.9. The second kappa shape index (κ2) is 9.86. The minimum Gasteiger partial charge on any atom is -0.485 e. The summed E-state index contributed by atoms with van der Waals surface area (Å²) in [6, 6.07) is 13.9. The average molecular weight is 455 g/mol. The summed E-state index contributed by atoms with van der Waals surface area (Å²) in [6.45, 7) is 4.78. The van der Waals surface area contributed by atoms with Crippen molar-refractivity contribution in [1.29, 1.82) is 0 Å². The number of halogens is 1. The third-order valence-electron chi connectivity index (χ3n) is 4.97. The molecule has 1 aliphatic heterocycles. The Morgan fingerprint density at radius 2 is 2.00 bits per heavy atom. The summed E-state index contributed by atoms with van der Waals surface area (Å²) in [6.07, 6.45) is 1.31. The van der Waals surface area contributed by atoms with Gasteiger partial charge in [0.05, 0.1) is 5.75 Å². The van der Waals surface area contributed by atoms with E-state index in [4.69, 9.17) is 9.47 Å². The Bertz CT molecular complexity index is 1120. The van der Waals surface area contributed by atoms with E-state index in [2.05, 4.69) is 16.8 Å². The van der Waals surface area contributed by atoms with Crippen LogP contribution in [-0.2, 0) is 17.9 Å². The molecule has 1 aliphatic rings. The minimum absolute atomic E-state index is 0.140. The van der Waals surface area contributed by atoms with E-state index in [1.807, 2.05) is 28.8 Å². The summed E-state index contributed by atoms with van der Waals surface area (Å²) in [5.74, 6) is 1.62. The molecule has 1 unspecified atom stereocenters. The van der Waals surface area contributed by atoms with Crippen LogP contribution in [0.15, 0.2) is 66.3 Å². The second-order valence-electron chi connectivity index (χ2n) is 7.23. The van der Waals surface area contributed by atoms with E-state index in [1.165, 1.54) is 22.7 Å². The van der Waals surface area contributed by atoms with Gasteiger partial charge in [-0.05, 0) is 18.2 Å². The van der Waals surface area contributed by atoms with Gasteiger partial charge in [-0.2, -0.15) is 0 Å². The van der Waals surface area contributed by atoms with Crippen LogP contribution in [0, 0.1) is 5.82 Å². The first kappa shape index (κ1) is 21.9. The summed E-state index contributed by atoms with van der Waals surface area (Å²) >= 11 is 1.27. The highest BCUT2D eigenvalue weighted by atomic mass is 32.2. The predicted octanol–water partition coefficient (Wildman–Crippen LogP) is 3.87. The molecular formula is C23H23FN4O3S. The fourth-order valence-electron chi connectivity index (χ4n) is 3.30. The number of benzene rings is 2. The lowest BCUT2D eigenvalue weighted by molar-refractivity contribution is -0.127. The number of hydrogen-bond donors (Lipinski definition) is 0. The normalized spacial score (nSPS) is 14.8. The zero-order valence-electron chi connectivity index (χ0n) is 17.6. The van der Waals surface area contributed by atoms with Crippen molar-refractivity contribution in [3.63, 3.8) is 0 Å². The number of carbonyl (C=O) groups is 1. The van der Waals surface area contributed by atoms with Crippen molar-refractivity contribution in [2.45, 2.75) is 24.3 Å². The lowest BCUT2D eigenvalue weighted by Gasteiger charge is -2.26. The molecule has 0 spiro atoms. The van der Waals surface area contributed by atoms with Crippen LogP contribution in [0.2, 0.25) is 0 Å². The number of hydrogen-bond acceptors (Lipinski definition) is 6. The Morgan fingerprint density at radius 3 is 2.78 bits per heavy atom. The van der Waals surface area contributed by atoms with Crippen molar-refractivity contribution < 1.29 is 18.7 Å². The average Bonchev–Trinajstić information content (AvgIpc) is 3.21. The Morgan fingerprint density at radius 1 is 1.25 bits per heavy atom. The molecule has 7 nitrogen and oxygen atoms in total. The van der Waals surface area contributed by atoms with Crippen LogP contribution in [0.1, 0.15) is 17.5 Å². The van der Waals surface area contributed by atoms with Gasteiger partial charge < -0.3 is 14.4 Å². The van der Waals surface area contributed by atoms with Crippen LogP contribution < -0.4 is 9.47 Å². The van der Waals surface area contributed by atoms with E-state index >= 15 is 0 Å². The highest BCUT2D eigenvalue weighted by Gasteiger charge is 2.28. The molecule has 0 bridgehead atoms. The van der Waals surface area contributed by atoms with E-state index in [9.17, 15) is 9.18 Å². The van der Waals surface area contributed by atoms with Crippen molar-refractivity contribution in [3.05, 3.63) is 78.4 Å². The van der Waals surface area contributed by atoms with E-state index < -0.39 is 6.10 Å². The van der Waals surface area contributed by atoms with Crippen LogP contribution in [0.4, 0.5) is 4.39 Å². The van der Waals surface area contributed by atoms with Crippen LogP contribution in [0.5, 0.6) is 11.5 Å². The van der Waals surface area contributed by atoms with Crippen LogP contribution >= 0.6 is 11.8 Å². The first-order valence-corrected chi connectivity index (χ1v) is 11.1. The van der Waals surface area contributed by atoms with Gasteiger partial charge in [-0.25, -0.2) is 4.39 Å². The van der Waals surface area contributed by atoms with Crippen LogP contribution in [0.25, 0.3) is 0 Å². The second-order valence-corrected chi connectivity index (χ2v) is 8.18. The zero-order valence-corrected chi connectivity index (χ0v) is 18.4. The van der Waals surface area contributed by atoms with Gasteiger partial charge in [-0.1, -0.05) is 48.2 Å². The smallest absolute Gasteiger partial charge is 0.233 e. The van der Waals surface area contributed by atoms with Gasteiger partial charge in [0.25, 0.3) is 0 Å². The molecule has 0 N–H and O–H groups in total. The topological polar surface area (TPSA) is 69.5 Å². The van der Waals surface area contributed by atoms with Gasteiger partial charge in [-0.15, -0.1) is 16.8 Å². The highest BCUT2D eigenvalue weighted by molar-refractivity contribution is 7.99. The molecule has 4 rings (SSSR count). The number of thioether (sulfide) groups is 1. The van der Waals surface area contributed by atoms with Crippen molar-refractivity contribution in [2.75, 3.05) is 19.4 Å². The number of amides is 1. The van der Waals surface area contributed by atoms with Gasteiger partial charge in [-0.3, -0.25) is 9.36 Å². The standard InChI is InChI=1S/C23H23FN4O3S/c1-3-12-28-22(20-14-30-18-10-6-7-11-19(18)31-20)25-26-23(28)32-15-21(29)27(2)13-16-8-4-5-9-17(16)24/h3-11,20H,1,12-15H2,2H3. The molecule has 0 aliphatic carbocycles. The summed E-state index contributed by atoms with van der Waals surface area (Å²) < 4.78 is 27.6. The molecule has 3 aromatic rings. The molecule has 166 valence electrons. The van der Waals surface area contributed by atoms with Crippen molar-refractivity contribution in [2.24, 2.45) is 0 Å². The summed E-state index contributed by atoms with van der Waals surface area (Å²) in [7, 11) is 1.65. The SMILES string of the molecule is C=CCn1c(SCC(=O)N(C)Cc2ccccc2F)nnc1C1COc2ccccc2O1. The number of aromatic nitrogens is 3. The van der Waals surface area contributed by atoms with Gasteiger partial charge in [0.15, 0.2) is 28.6 Å². The van der Waals surface area contributed by atoms with E-state index in [0.717, 1.165) is 0 Å². The van der Waals surface area contributed by atoms with Gasteiger partial charge >= 0.3 is 0 Å². The molecule has 1 amide bonds. The first-order valence-electron chi connectivity index (χ1n) is 10.1. The fourth-order valence-corrected chi connectivity index (χ4v) is 4.19. The molecule has 0 saturated heterocycles. The van der Waals surface area contributed by atoms with Crippen LogP contribution in [0.3, 0.4) is 0 Å². The third-order valence-corrected chi connectivity index (χ3v) is 5.92. The number of fused-ring (bicyclic) bond motifs is 1. The number of rotatable bonds is 8. The van der Waals surface area contributed by atoms with Crippen molar-refractivity contribution in [3.8, 4) is 11.5 Å². The summed E-state index contributed by atoms with van der Waals surface area (Å²) in [5.41, 5.74) is 0.472. The fraction of sp³-hybridized carbons (Fsp3) is 0.261. The van der Waals surface area contributed by atoms with E-state index in [0.29, 0.717) is 41.2 Å². The lowest BCUT2D eigenvalue weighted by Crippen LogP contribution is -2.28. The van der Waals surface area contributed by atoms with Crippen LogP contribution in [-0.4, -0.2) is 45.0 Å². The molecule has 2 aromatic carbocycles. The lowest BCUT2D eigenvalue weighted by atomic mass is 10.2. The Labute approximate surface area is 189 Å². The molecule has 1 atom stereocenters. The van der Waals surface area contributed by atoms with Crippen molar-refractivity contribution in [1.82, 2.24) is 19.7 Å². The molecule has 0 fully saturated rings. The van der Waals surface area contributed by atoms with Gasteiger partial charge in [0.1, 0.15) is 12.4 Å². The Kier molecular flexibility index (Phi) is 6.75. The number of ether oxygens (including phenoxy) is 2. The molecule has 0 radical (unpaired) electrons. The molecule has 2 heterocycles. The molecule has 0 saturated carbocycles. The number of nitrogens with zero attached hydrogens (tertiary/aromatic N) is 4. The van der Waals surface area contributed by atoms with Crippen molar-refractivity contribution >= 4 is 17.7 Å². The van der Waals surface area contributed by atoms with E-state index in [-0.39, 0.29) is 24.0 Å². The maximum Gasteiger partial charge on any atom is 0.233 e. The first-order chi connectivity index (χ1) is 15.6. The molecule has 9 heteroatoms. The van der Waals surface area contributed by atoms with E-state index in [1.54, 1.807) is 31.3 Å². The van der Waals surface area contributed by atoms with Gasteiger partial charge in [0.2, 0.25) is 5.91 Å². The zero-order chi connectivity index (χ0) is 22.5. The minimum atomic E-state index is -0.425. The molecule has 32 heavy (non-hydrogen) atoms. The number of allylic oxidation sites excluding steroid dienone is 1. The summed E-state index contributed by atoms with van der Waals surface area (Å²) in [5, 5.41) is 9.13. The summed E-state index contributed by atoms with van der Waals surface area (Å²) in [4.78, 5) is 14.1. The Hall–Kier alpha value is -3.33. The third kappa shape index (κ3) is 4.77. The largest absolute Gasteiger partial charge is 0.485 e. The molecular weight excluding hydrogens is 431 g/mol. The van der Waals surface area contributed by atoms with Gasteiger partial charge in [0, 0.05) is 25.7 Å².